The Kier molecular flexibility index (Phi) is 5.37. The number of fused-ring (bicyclic) bond motifs is 1. The number of thioether (sulfide) groups is 1. The summed E-state index contributed by atoms with van der Waals surface area (Å²) in [5.41, 5.74) is 4.43. The van der Waals surface area contributed by atoms with Crippen molar-refractivity contribution in [2.45, 2.75) is 31.7 Å². The van der Waals surface area contributed by atoms with Gasteiger partial charge in [0.25, 0.3) is 0 Å². The summed E-state index contributed by atoms with van der Waals surface area (Å²) in [6, 6.07) is 12.8. The Morgan fingerprint density at radius 2 is 2.00 bits per heavy atom. The fraction of sp³-hybridized carbons (Fsp3) is 0.190. The third-order valence-corrected chi connectivity index (χ3v) is 5.51. The second-order valence-corrected chi connectivity index (χ2v) is 7.88. The second-order valence-electron chi connectivity index (χ2n) is 6.93. The molecule has 0 spiro atoms. The molecule has 1 N–H and O–H groups in total. The number of nitrogens with one attached hydrogen (secondary N) is 1. The number of amides is 1. The molecule has 0 aliphatic heterocycles. The van der Waals surface area contributed by atoms with E-state index in [1.165, 1.54) is 24.8 Å². The largest absolute Gasteiger partial charge is 0.423 e. The predicted octanol–water partition coefficient (Wildman–Crippen LogP) is 3.64. The number of carbonyl (C=O) groups excluding carboxylic acids is 1. The first-order chi connectivity index (χ1) is 14.4. The van der Waals surface area contributed by atoms with Gasteiger partial charge in [-0.15, -0.1) is 5.10 Å². The highest BCUT2D eigenvalue weighted by Gasteiger charge is 2.14. The molecule has 0 radical (unpaired) electrons. The van der Waals surface area contributed by atoms with E-state index in [9.17, 15) is 9.59 Å². The lowest BCUT2D eigenvalue weighted by atomic mass is 10.1. The Bertz CT molecular complexity index is 1310. The van der Waals surface area contributed by atoms with Gasteiger partial charge in [-0.25, -0.2) is 4.79 Å². The number of anilines is 1. The topological polar surface area (TPSA) is 103 Å². The SMILES string of the molecule is CC(=O)Nc1ccc2c(CSc3nnnn3-c3cc(C)ccc3C)cc(=O)oc2c1. The van der Waals surface area contributed by atoms with E-state index in [1.54, 1.807) is 16.8 Å². The van der Waals surface area contributed by atoms with Crippen LogP contribution in [0.15, 0.2) is 56.8 Å². The van der Waals surface area contributed by atoms with Crippen molar-refractivity contribution in [1.82, 2.24) is 20.2 Å². The smallest absolute Gasteiger partial charge is 0.336 e. The van der Waals surface area contributed by atoms with Crippen LogP contribution in [0.3, 0.4) is 0 Å². The van der Waals surface area contributed by atoms with Crippen molar-refractivity contribution in [3.8, 4) is 5.69 Å². The van der Waals surface area contributed by atoms with Gasteiger partial charge in [-0.3, -0.25) is 4.79 Å². The molecule has 1 amide bonds. The van der Waals surface area contributed by atoms with Gasteiger partial charge in [0.05, 0.1) is 5.69 Å². The summed E-state index contributed by atoms with van der Waals surface area (Å²) in [6.45, 7) is 5.45. The van der Waals surface area contributed by atoms with Gasteiger partial charge in [-0.05, 0) is 59.2 Å². The number of aromatic nitrogens is 4. The molecular weight excluding hydrogens is 402 g/mol. The maximum Gasteiger partial charge on any atom is 0.336 e. The summed E-state index contributed by atoms with van der Waals surface area (Å²) < 4.78 is 7.03. The molecular formula is C21H19N5O3S. The minimum Gasteiger partial charge on any atom is -0.423 e. The van der Waals surface area contributed by atoms with Gasteiger partial charge in [0.15, 0.2) is 0 Å². The first-order valence-corrected chi connectivity index (χ1v) is 10.2. The lowest BCUT2D eigenvalue weighted by Crippen LogP contribution is -2.06. The zero-order valence-corrected chi connectivity index (χ0v) is 17.5. The maximum absolute atomic E-state index is 12.1. The number of nitrogens with zero attached hydrogens (tertiary/aromatic N) is 4. The van der Waals surface area contributed by atoms with Crippen LogP contribution in [0, 0.1) is 13.8 Å². The quantitative estimate of drug-likeness (QED) is 0.388. The molecule has 2 aromatic heterocycles. The third-order valence-electron chi connectivity index (χ3n) is 4.54. The molecule has 0 saturated heterocycles. The van der Waals surface area contributed by atoms with Crippen molar-refractivity contribution >= 4 is 34.3 Å². The summed E-state index contributed by atoms with van der Waals surface area (Å²) in [5, 5.41) is 16.2. The molecule has 2 heterocycles. The van der Waals surface area contributed by atoms with Crippen molar-refractivity contribution in [3.05, 3.63) is 69.6 Å². The number of benzene rings is 2. The Balaban J connectivity index is 1.65. The van der Waals surface area contributed by atoms with Crippen molar-refractivity contribution in [3.63, 3.8) is 0 Å². The molecule has 2 aromatic carbocycles. The zero-order valence-electron chi connectivity index (χ0n) is 16.7. The van der Waals surface area contributed by atoms with E-state index < -0.39 is 5.63 Å². The fourth-order valence-electron chi connectivity index (χ4n) is 3.14. The number of hydrogen-bond acceptors (Lipinski definition) is 7. The highest BCUT2D eigenvalue weighted by atomic mass is 32.2. The lowest BCUT2D eigenvalue weighted by molar-refractivity contribution is -0.114. The van der Waals surface area contributed by atoms with E-state index in [1.807, 2.05) is 38.1 Å². The second kappa shape index (κ2) is 8.11. The van der Waals surface area contributed by atoms with E-state index in [4.69, 9.17) is 4.42 Å². The van der Waals surface area contributed by atoms with Gasteiger partial charge < -0.3 is 9.73 Å². The standard InChI is InChI=1S/C21H19N5O3S/c1-12-4-5-13(2)18(8-12)26-21(23-24-25-26)30-11-15-9-20(28)29-19-10-16(22-14(3)27)6-7-17(15)19/h4-10H,11H2,1-3H3,(H,22,27). The minimum atomic E-state index is -0.452. The Morgan fingerprint density at radius 1 is 1.17 bits per heavy atom. The van der Waals surface area contributed by atoms with Gasteiger partial charge in [0, 0.05) is 35.9 Å². The number of tetrazole rings is 1. The zero-order chi connectivity index (χ0) is 21.3. The summed E-state index contributed by atoms with van der Waals surface area (Å²) in [4.78, 5) is 23.3. The van der Waals surface area contributed by atoms with Crippen LogP contribution in [0.25, 0.3) is 16.7 Å². The van der Waals surface area contributed by atoms with Crippen molar-refractivity contribution in [2.75, 3.05) is 5.32 Å². The number of carbonyl (C=O) groups is 1. The third kappa shape index (κ3) is 4.11. The molecule has 0 fully saturated rings. The van der Waals surface area contributed by atoms with Crippen LogP contribution in [0.5, 0.6) is 0 Å². The number of hydrogen-bond donors (Lipinski definition) is 1. The van der Waals surface area contributed by atoms with Gasteiger partial charge in [0.2, 0.25) is 11.1 Å². The van der Waals surface area contributed by atoms with Crippen LogP contribution in [-0.2, 0) is 10.5 Å². The Morgan fingerprint density at radius 3 is 2.80 bits per heavy atom. The normalized spacial score (nSPS) is 11.0. The monoisotopic (exact) mass is 421 g/mol. The van der Waals surface area contributed by atoms with E-state index in [0.29, 0.717) is 22.2 Å². The van der Waals surface area contributed by atoms with Crippen LogP contribution < -0.4 is 10.9 Å². The molecule has 0 unspecified atom stereocenters. The maximum atomic E-state index is 12.1. The molecule has 30 heavy (non-hydrogen) atoms. The van der Waals surface area contributed by atoms with E-state index in [2.05, 4.69) is 20.8 Å². The van der Waals surface area contributed by atoms with Gasteiger partial charge in [0.1, 0.15) is 5.58 Å². The Hall–Kier alpha value is -3.46. The molecule has 9 heteroatoms. The molecule has 0 aliphatic rings. The molecule has 4 rings (SSSR count). The molecule has 0 bridgehead atoms. The average molecular weight is 421 g/mol. The summed E-state index contributed by atoms with van der Waals surface area (Å²) >= 11 is 1.43. The van der Waals surface area contributed by atoms with Gasteiger partial charge in [-0.2, -0.15) is 4.68 Å². The van der Waals surface area contributed by atoms with Crippen molar-refractivity contribution < 1.29 is 9.21 Å². The Labute approximate surface area is 176 Å². The highest BCUT2D eigenvalue weighted by molar-refractivity contribution is 7.98. The van der Waals surface area contributed by atoms with Crippen LogP contribution in [0.4, 0.5) is 5.69 Å². The fourth-order valence-corrected chi connectivity index (χ4v) is 4.02. The van der Waals surface area contributed by atoms with E-state index in [0.717, 1.165) is 27.8 Å². The van der Waals surface area contributed by atoms with Crippen molar-refractivity contribution in [1.29, 1.82) is 0 Å². The molecule has 152 valence electrons. The summed E-state index contributed by atoms with van der Waals surface area (Å²) in [7, 11) is 0. The van der Waals surface area contributed by atoms with Crippen LogP contribution in [0.2, 0.25) is 0 Å². The number of aryl methyl sites for hydroxylation is 2. The average Bonchev–Trinajstić information content (AvgIpc) is 3.15. The summed E-state index contributed by atoms with van der Waals surface area (Å²) in [5.74, 6) is 0.286. The van der Waals surface area contributed by atoms with Crippen LogP contribution in [-0.4, -0.2) is 26.1 Å². The number of rotatable bonds is 5. The first-order valence-electron chi connectivity index (χ1n) is 9.24. The molecule has 0 saturated carbocycles. The lowest BCUT2D eigenvalue weighted by Gasteiger charge is -2.09. The van der Waals surface area contributed by atoms with Crippen molar-refractivity contribution in [2.24, 2.45) is 0 Å². The van der Waals surface area contributed by atoms with Crippen LogP contribution in [0.1, 0.15) is 23.6 Å². The van der Waals surface area contributed by atoms with Gasteiger partial charge >= 0.3 is 5.63 Å². The summed E-state index contributed by atoms with van der Waals surface area (Å²) in [6.07, 6.45) is 0. The molecule has 0 aliphatic carbocycles. The minimum absolute atomic E-state index is 0.193. The highest BCUT2D eigenvalue weighted by Crippen LogP contribution is 2.28. The molecule has 4 aromatic rings. The van der Waals surface area contributed by atoms with E-state index in [-0.39, 0.29) is 5.91 Å². The molecule has 8 nitrogen and oxygen atoms in total. The van der Waals surface area contributed by atoms with E-state index >= 15 is 0 Å². The predicted molar refractivity (Wildman–Crippen MR) is 115 cm³/mol. The van der Waals surface area contributed by atoms with Gasteiger partial charge in [-0.1, -0.05) is 23.9 Å². The van der Waals surface area contributed by atoms with Crippen LogP contribution >= 0.6 is 11.8 Å². The molecule has 0 atom stereocenters. The first kappa shape index (κ1) is 19.8.